The number of rotatable bonds is 39. The number of unbranched alkanes of at least 4 members (excludes halogenated alkanes) is 24. The Morgan fingerprint density at radius 2 is 0.908 bits per heavy atom. The third kappa shape index (κ3) is 29.3. The SMILES string of the molecule is CCCCCCCC/C=C\CCCCCCCCNC(=S)NCC1O[C@H](O[C@H]2OC(CNC(=S)NCCCCCCCC/C=C\CCCCCCCC)[C@@H](O)C(C)C2C)C(O)C[C@@H]1CO. The maximum absolute atomic E-state index is 11.1. The highest BCUT2D eigenvalue weighted by atomic mass is 32.1. The van der Waals surface area contributed by atoms with Crippen LogP contribution < -0.4 is 21.3 Å². The summed E-state index contributed by atoms with van der Waals surface area (Å²) in [5.74, 6) is -0.551. The Balaban J connectivity index is 1.59. The number of hydrogen-bond acceptors (Lipinski definition) is 8. The average Bonchev–Trinajstić information content (AvgIpc) is 3.30. The fourth-order valence-electron chi connectivity index (χ4n) is 8.87. The van der Waals surface area contributed by atoms with Gasteiger partial charge in [0, 0.05) is 44.6 Å². The van der Waals surface area contributed by atoms with Gasteiger partial charge in [0.15, 0.2) is 22.8 Å². The minimum absolute atomic E-state index is 0.121. The summed E-state index contributed by atoms with van der Waals surface area (Å²) < 4.78 is 18.9. The molecule has 2 fully saturated rings. The van der Waals surface area contributed by atoms with Crippen LogP contribution in [0.1, 0.15) is 214 Å². The van der Waals surface area contributed by atoms with Crippen LogP contribution in [0.2, 0.25) is 0 Å². The van der Waals surface area contributed by atoms with Gasteiger partial charge in [-0.2, -0.15) is 0 Å². The molecule has 12 heteroatoms. The van der Waals surface area contributed by atoms with Crippen LogP contribution in [0.5, 0.6) is 0 Å². The molecule has 2 aliphatic heterocycles. The highest BCUT2D eigenvalue weighted by Gasteiger charge is 2.45. The van der Waals surface area contributed by atoms with Crippen LogP contribution in [0.4, 0.5) is 0 Å². The van der Waals surface area contributed by atoms with E-state index in [1.165, 1.54) is 167 Å². The molecule has 380 valence electrons. The fourth-order valence-corrected chi connectivity index (χ4v) is 9.24. The molecule has 0 aromatic carbocycles. The molecular formula is C53H100N4O6S2. The lowest BCUT2D eigenvalue weighted by Gasteiger charge is -2.45. The second kappa shape index (κ2) is 40.5. The second-order valence-corrected chi connectivity index (χ2v) is 20.1. The van der Waals surface area contributed by atoms with Crippen molar-refractivity contribution in [2.24, 2.45) is 17.8 Å². The maximum Gasteiger partial charge on any atom is 0.186 e. The van der Waals surface area contributed by atoms with E-state index >= 15 is 0 Å². The van der Waals surface area contributed by atoms with E-state index in [1.54, 1.807) is 0 Å². The monoisotopic (exact) mass is 953 g/mol. The lowest BCUT2D eigenvalue weighted by molar-refractivity contribution is -0.346. The van der Waals surface area contributed by atoms with Crippen LogP contribution in [-0.4, -0.2) is 95.3 Å². The summed E-state index contributed by atoms with van der Waals surface area (Å²) in [6.07, 6.45) is 41.4. The lowest BCUT2D eigenvalue weighted by Crippen LogP contribution is -2.57. The van der Waals surface area contributed by atoms with E-state index in [-0.39, 0.29) is 24.4 Å². The van der Waals surface area contributed by atoms with Crippen molar-refractivity contribution in [3.63, 3.8) is 0 Å². The number of allylic oxidation sites excluding steroid dienone is 4. The standard InChI is InChI=1S/C53H100N4O6S2/c1-5-7-9-11-13-15-17-19-21-23-25-27-29-31-33-35-37-54-52(64)56-40-47-45(42-58)39-46(59)51(61-47)63-50-44(4)43(3)49(60)48(62-50)41-57-53(65)55-38-36-34-32-30-28-26-24-22-20-18-16-14-12-10-8-6-2/h19-22,43-51,58-60H,5-18,23-42H2,1-4H3,(H2,54,56,64)(H2,55,57,65)/b21-19-,22-20-/t43?,44?,45-,46?,47?,48?,49+,50-,51-/m1/s1. The summed E-state index contributed by atoms with van der Waals surface area (Å²) in [6, 6.07) is 0. The number of aliphatic hydroxyl groups excluding tert-OH is 3. The average molecular weight is 954 g/mol. The van der Waals surface area contributed by atoms with Crippen molar-refractivity contribution in [3.8, 4) is 0 Å². The number of aliphatic hydroxyl groups is 3. The molecule has 2 rings (SSSR count). The molecule has 0 bridgehead atoms. The molecule has 7 N–H and O–H groups in total. The molecule has 65 heavy (non-hydrogen) atoms. The molecule has 0 spiro atoms. The van der Waals surface area contributed by atoms with Crippen molar-refractivity contribution in [1.29, 1.82) is 0 Å². The third-order valence-electron chi connectivity index (χ3n) is 13.6. The van der Waals surface area contributed by atoms with Crippen LogP contribution in [0.3, 0.4) is 0 Å². The van der Waals surface area contributed by atoms with Gasteiger partial charge < -0.3 is 50.8 Å². The first-order valence-corrected chi connectivity index (χ1v) is 27.8. The third-order valence-corrected chi connectivity index (χ3v) is 14.1. The Bertz CT molecular complexity index is 1210. The lowest BCUT2D eigenvalue weighted by atomic mass is 9.84. The van der Waals surface area contributed by atoms with Gasteiger partial charge in [-0.25, -0.2) is 0 Å². The van der Waals surface area contributed by atoms with Gasteiger partial charge in [-0.1, -0.05) is 168 Å². The van der Waals surface area contributed by atoms with Crippen LogP contribution in [0, 0.1) is 17.8 Å². The van der Waals surface area contributed by atoms with Gasteiger partial charge in [0.25, 0.3) is 0 Å². The molecule has 2 saturated heterocycles. The van der Waals surface area contributed by atoms with Gasteiger partial charge in [0.05, 0.1) is 12.2 Å². The number of thiocarbonyl (C=S) groups is 2. The van der Waals surface area contributed by atoms with E-state index in [0.29, 0.717) is 29.7 Å². The summed E-state index contributed by atoms with van der Waals surface area (Å²) in [4.78, 5) is 0. The van der Waals surface area contributed by atoms with E-state index in [0.717, 1.165) is 25.9 Å². The van der Waals surface area contributed by atoms with Gasteiger partial charge >= 0.3 is 0 Å². The van der Waals surface area contributed by atoms with Crippen molar-refractivity contribution in [3.05, 3.63) is 24.3 Å². The molecule has 0 radical (unpaired) electrons. The fraction of sp³-hybridized carbons (Fsp3) is 0.887. The molecule has 10 nitrogen and oxygen atoms in total. The van der Waals surface area contributed by atoms with Crippen LogP contribution in [-0.2, 0) is 14.2 Å². The summed E-state index contributed by atoms with van der Waals surface area (Å²) >= 11 is 11.1. The molecule has 5 unspecified atom stereocenters. The Hall–Kier alpha value is -1.38. The smallest absolute Gasteiger partial charge is 0.186 e. The molecule has 0 saturated carbocycles. The number of ether oxygens (including phenoxy) is 3. The van der Waals surface area contributed by atoms with Crippen LogP contribution in [0.15, 0.2) is 24.3 Å². The summed E-state index contributed by atoms with van der Waals surface area (Å²) in [5, 5.41) is 46.5. The van der Waals surface area contributed by atoms with Gasteiger partial charge in [-0.05, 0) is 101 Å². The summed E-state index contributed by atoms with van der Waals surface area (Å²) in [7, 11) is 0. The summed E-state index contributed by atoms with van der Waals surface area (Å²) in [6.45, 7) is 10.7. The van der Waals surface area contributed by atoms with Gasteiger partial charge in [-0.3, -0.25) is 0 Å². The van der Waals surface area contributed by atoms with E-state index in [4.69, 9.17) is 38.6 Å². The predicted molar refractivity (Wildman–Crippen MR) is 280 cm³/mol. The topological polar surface area (TPSA) is 136 Å². The molecule has 0 aliphatic carbocycles. The van der Waals surface area contributed by atoms with Crippen molar-refractivity contribution in [2.45, 2.75) is 251 Å². The summed E-state index contributed by atoms with van der Waals surface area (Å²) in [5.41, 5.74) is 0. The quantitative estimate of drug-likeness (QED) is 0.0180. The van der Waals surface area contributed by atoms with Gasteiger partial charge in [-0.15, -0.1) is 0 Å². The van der Waals surface area contributed by atoms with E-state index < -0.39 is 37.0 Å². The van der Waals surface area contributed by atoms with Gasteiger partial charge in [0.2, 0.25) is 0 Å². The zero-order chi connectivity index (χ0) is 47.2. The van der Waals surface area contributed by atoms with E-state index in [2.05, 4.69) is 59.4 Å². The highest BCUT2D eigenvalue weighted by molar-refractivity contribution is 7.80. The van der Waals surface area contributed by atoms with Crippen molar-refractivity contribution < 1.29 is 29.5 Å². The van der Waals surface area contributed by atoms with E-state index in [1.807, 2.05) is 13.8 Å². The first kappa shape index (κ1) is 59.7. The molecule has 0 aromatic heterocycles. The van der Waals surface area contributed by atoms with Crippen molar-refractivity contribution in [1.82, 2.24) is 21.3 Å². The largest absolute Gasteiger partial charge is 0.396 e. The second-order valence-electron chi connectivity index (χ2n) is 19.3. The number of nitrogens with one attached hydrogen (secondary N) is 4. The normalized spacial score (nSPS) is 24.8. The van der Waals surface area contributed by atoms with Crippen LogP contribution >= 0.6 is 24.4 Å². The zero-order valence-electron chi connectivity index (χ0n) is 41.9. The molecule has 9 atom stereocenters. The van der Waals surface area contributed by atoms with Crippen LogP contribution in [0.25, 0.3) is 0 Å². The minimum atomic E-state index is -0.949. The molecular weight excluding hydrogens is 853 g/mol. The Morgan fingerprint density at radius 1 is 0.523 bits per heavy atom. The molecule has 0 aromatic rings. The Morgan fingerprint density at radius 3 is 1.34 bits per heavy atom. The maximum atomic E-state index is 11.1. The molecule has 2 aliphatic rings. The zero-order valence-corrected chi connectivity index (χ0v) is 43.6. The minimum Gasteiger partial charge on any atom is -0.396 e. The molecule has 0 amide bonds. The highest BCUT2D eigenvalue weighted by Crippen LogP contribution is 2.34. The van der Waals surface area contributed by atoms with Crippen molar-refractivity contribution >= 4 is 34.7 Å². The molecule has 2 heterocycles. The first-order valence-electron chi connectivity index (χ1n) is 27.0. The number of hydrogen-bond donors (Lipinski definition) is 7. The van der Waals surface area contributed by atoms with E-state index in [9.17, 15) is 15.3 Å². The Labute approximate surface area is 409 Å². The van der Waals surface area contributed by atoms with Gasteiger partial charge in [0.1, 0.15) is 12.2 Å². The first-order chi connectivity index (χ1) is 31.7. The van der Waals surface area contributed by atoms with Crippen molar-refractivity contribution in [2.75, 3.05) is 32.8 Å². The predicted octanol–water partition coefficient (Wildman–Crippen LogP) is 11.4. The Kier molecular flexibility index (Phi) is 37.2.